The van der Waals surface area contributed by atoms with Gasteiger partial charge in [-0.05, 0) is 0 Å². The molecule has 1 unspecified atom stereocenters. The summed E-state index contributed by atoms with van der Waals surface area (Å²) in [6.45, 7) is 0.350. The molecule has 0 aliphatic carbocycles. The second-order valence-corrected chi connectivity index (χ2v) is 6.20. The van der Waals surface area contributed by atoms with Gasteiger partial charge in [-0.25, -0.2) is 4.98 Å². The minimum absolute atomic E-state index is 0.0276. The lowest BCUT2D eigenvalue weighted by atomic mass is 10.2. The average Bonchev–Trinajstić information content (AvgIpc) is 3.20. The smallest absolute Gasteiger partial charge is 0.307 e. The van der Waals surface area contributed by atoms with Crippen LogP contribution < -0.4 is 0 Å². The van der Waals surface area contributed by atoms with Crippen molar-refractivity contribution in [2.24, 2.45) is 0 Å². The minimum atomic E-state index is -0.317. The number of imidazole rings is 1. The number of nitrogens with one attached hydrogen (secondary N) is 1. The van der Waals surface area contributed by atoms with E-state index >= 15 is 0 Å². The Kier molecular flexibility index (Phi) is 4.66. The molecule has 1 amide bonds. The van der Waals surface area contributed by atoms with Crippen LogP contribution in [-0.2, 0) is 14.3 Å². The molecule has 0 saturated carbocycles. The van der Waals surface area contributed by atoms with Gasteiger partial charge in [-0.3, -0.25) is 9.59 Å². The molecule has 23 heavy (non-hydrogen) atoms. The highest BCUT2D eigenvalue weighted by atomic mass is 32.2. The highest BCUT2D eigenvalue weighted by Crippen LogP contribution is 2.38. The van der Waals surface area contributed by atoms with Gasteiger partial charge in [0.05, 0.1) is 31.2 Å². The van der Waals surface area contributed by atoms with Gasteiger partial charge in [0.25, 0.3) is 0 Å². The van der Waals surface area contributed by atoms with Crippen molar-refractivity contribution >= 4 is 23.6 Å². The van der Waals surface area contributed by atoms with E-state index in [4.69, 9.17) is 0 Å². The number of ether oxygens (including phenoxy) is 1. The van der Waals surface area contributed by atoms with Crippen LogP contribution in [0.4, 0.5) is 0 Å². The van der Waals surface area contributed by atoms with Crippen LogP contribution in [0.25, 0.3) is 11.4 Å². The Morgan fingerprint density at radius 3 is 2.96 bits per heavy atom. The first-order valence-electron chi connectivity index (χ1n) is 7.27. The van der Waals surface area contributed by atoms with Crippen LogP contribution in [0.3, 0.4) is 0 Å². The number of thioether (sulfide) groups is 1. The number of aromatic amines is 1. The molecule has 1 aliphatic rings. The van der Waals surface area contributed by atoms with Gasteiger partial charge in [0.2, 0.25) is 5.91 Å². The maximum atomic E-state index is 12.1. The van der Waals surface area contributed by atoms with Gasteiger partial charge in [0.1, 0.15) is 11.2 Å². The minimum Gasteiger partial charge on any atom is -0.469 e. The predicted octanol–water partition coefficient (Wildman–Crippen LogP) is 2.21. The number of hydrogen-bond acceptors (Lipinski definition) is 5. The number of amides is 1. The standard InChI is InChI=1S/C16H17N3O3S/c1-22-14(21)7-8-19-13(20)10-23-16(19)12-9-17-15(18-12)11-5-3-2-4-6-11/h2-6,9,16H,7-8,10H2,1H3,(H,17,18). The third-order valence-corrected chi connectivity index (χ3v) is 4.90. The predicted molar refractivity (Wildman–Crippen MR) is 87.6 cm³/mol. The van der Waals surface area contributed by atoms with E-state index in [0.717, 1.165) is 17.1 Å². The number of carbonyl (C=O) groups is 2. The van der Waals surface area contributed by atoms with E-state index in [1.54, 1.807) is 11.1 Å². The normalized spacial score (nSPS) is 17.5. The number of esters is 1. The Hall–Kier alpha value is -2.28. The summed E-state index contributed by atoms with van der Waals surface area (Å²) in [7, 11) is 1.35. The summed E-state index contributed by atoms with van der Waals surface area (Å²) in [5, 5.41) is -0.142. The van der Waals surface area contributed by atoms with E-state index < -0.39 is 0 Å². The van der Waals surface area contributed by atoms with E-state index in [-0.39, 0.29) is 23.7 Å². The third-order valence-electron chi connectivity index (χ3n) is 3.66. The lowest BCUT2D eigenvalue weighted by Crippen LogP contribution is -2.30. The SMILES string of the molecule is COC(=O)CCN1C(=O)CSC1c1cnc(-c2ccccc2)[nH]1. The maximum Gasteiger partial charge on any atom is 0.307 e. The first-order chi connectivity index (χ1) is 11.2. The number of benzene rings is 1. The quantitative estimate of drug-likeness (QED) is 0.850. The number of aromatic nitrogens is 2. The lowest BCUT2D eigenvalue weighted by Gasteiger charge is -2.22. The molecule has 1 atom stereocenters. The fraction of sp³-hybridized carbons (Fsp3) is 0.312. The fourth-order valence-electron chi connectivity index (χ4n) is 2.47. The van der Waals surface area contributed by atoms with Crippen molar-refractivity contribution in [1.82, 2.24) is 14.9 Å². The molecule has 120 valence electrons. The molecule has 2 heterocycles. The molecule has 1 aliphatic heterocycles. The van der Waals surface area contributed by atoms with Crippen molar-refractivity contribution < 1.29 is 14.3 Å². The number of hydrogen-bond donors (Lipinski definition) is 1. The Labute approximate surface area is 138 Å². The Morgan fingerprint density at radius 1 is 1.43 bits per heavy atom. The molecule has 3 rings (SSSR count). The molecule has 0 bridgehead atoms. The van der Waals surface area contributed by atoms with Gasteiger partial charge >= 0.3 is 5.97 Å². The van der Waals surface area contributed by atoms with Crippen molar-refractivity contribution in [3.63, 3.8) is 0 Å². The molecular formula is C16H17N3O3S. The summed E-state index contributed by atoms with van der Waals surface area (Å²) in [6, 6.07) is 9.81. The van der Waals surface area contributed by atoms with Crippen LogP contribution in [0.1, 0.15) is 17.5 Å². The van der Waals surface area contributed by atoms with Gasteiger partial charge in [0, 0.05) is 12.1 Å². The zero-order valence-corrected chi connectivity index (χ0v) is 13.5. The number of carbonyl (C=O) groups excluding carboxylic acids is 2. The summed E-state index contributed by atoms with van der Waals surface area (Å²) >= 11 is 1.53. The van der Waals surface area contributed by atoms with Crippen LogP contribution in [-0.4, -0.2) is 46.2 Å². The molecule has 1 saturated heterocycles. The number of rotatable bonds is 5. The maximum absolute atomic E-state index is 12.1. The molecule has 6 nitrogen and oxygen atoms in total. The van der Waals surface area contributed by atoms with Crippen molar-refractivity contribution in [2.45, 2.75) is 11.8 Å². The molecule has 1 aromatic heterocycles. The summed E-state index contributed by atoms with van der Waals surface area (Å²) in [4.78, 5) is 32.8. The summed E-state index contributed by atoms with van der Waals surface area (Å²) in [6.07, 6.45) is 1.95. The van der Waals surface area contributed by atoms with E-state index in [2.05, 4.69) is 14.7 Å². The van der Waals surface area contributed by atoms with Gasteiger partial charge in [-0.15, -0.1) is 11.8 Å². The van der Waals surface area contributed by atoms with Gasteiger partial charge in [-0.2, -0.15) is 0 Å². The van der Waals surface area contributed by atoms with E-state index in [1.807, 2.05) is 30.3 Å². The first kappa shape index (κ1) is 15.6. The molecular weight excluding hydrogens is 314 g/mol. The second kappa shape index (κ2) is 6.87. The van der Waals surface area contributed by atoms with E-state index in [9.17, 15) is 9.59 Å². The zero-order valence-electron chi connectivity index (χ0n) is 12.7. The molecule has 7 heteroatoms. The third kappa shape index (κ3) is 3.39. The molecule has 0 radical (unpaired) electrons. The summed E-state index contributed by atoms with van der Waals surface area (Å²) < 4.78 is 4.64. The summed E-state index contributed by atoms with van der Waals surface area (Å²) in [5.74, 6) is 0.891. The molecule has 2 aromatic rings. The highest BCUT2D eigenvalue weighted by Gasteiger charge is 2.34. The average molecular weight is 331 g/mol. The van der Waals surface area contributed by atoms with Crippen molar-refractivity contribution in [3.05, 3.63) is 42.2 Å². The Morgan fingerprint density at radius 2 is 2.22 bits per heavy atom. The molecule has 1 fully saturated rings. The monoisotopic (exact) mass is 331 g/mol. The highest BCUT2D eigenvalue weighted by molar-refractivity contribution is 8.00. The van der Waals surface area contributed by atoms with E-state index in [0.29, 0.717) is 12.3 Å². The Balaban J connectivity index is 1.76. The number of nitrogens with zero attached hydrogens (tertiary/aromatic N) is 2. The van der Waals surface area contributed by atoms with Crippen LogP contribution in [0.5, 0.6) is 0 Å². The molecule has 0 spiro atoms. The van der Waals surface area contributed by atoms with Crippen molar-refractivity contribution in [1.29, 1.82) is 0 Å². The zero-order chi connectivity index (χ0) is 16.2. The molecule has 1 aromatic carbocycles. The van der Waals surface area contributed by atoms with Gasteiger partial charge < -0.3 is 14.6 Å². The topological polar surface area (TPSA) is 75.3 Å². The van der Waals surface area contributed by atoms with Gasteiger partial charge in [0.15, 0.2) is 0 Å². The second-order valence-electron chi connectivity index (χ2n) is 5.13. The molecule has 1 N–H and O–H groups in total. The number of H-pyrrole nitrogens is 1. The van der Waals surface area contributed by atoms with Crippen LogP contribution in [0, 0.1) is 0 Å². The van der Waals surface area contributed by atoms with Crippen LogP contribution >= 0.6 is 11.8 Å². The summed E-state index contributed by atoms with van der Waals surface area (Å²) in [5.41, 5.74) is 1.86. The van der Waals surface area contributed by atoms with Crippen molar-refractivity contribution in [2.75, 3.05) is 19.4 Å². The lowest BCUT2D eigenvalue weighted by molar-refractivity contribution is -0.141. The van der Waals surface area contributed by atoms with Crippen LogP contribution in [0.2, 0.25) is 0 Å². The first-order valence-corrected chi connectivity index (χ1v) is 8.32. The van der Waals surface area contributed by atoms with Crippen LogP contribution in [0.15, 0.2) is 36.5 Å². The Bertz CT molecular complexity index is 702. The van der Waals surface area contributed by atoms with Crippen molar-refractivity contribution in [3.8, 4) is 11.4 Å². The van der Waals surface area contributed by atoms with E-state index in [1.165, 1.54) is 18.9 Å². The fourth-order valence-corrected chi connectivity index (χ4v) is 3.64. The largest absolute Gasteiger partial charge is 0.469 e. The van der Waals surface area contributed by atoms with Gasteiger partial charge in [-0.1, -0.05) is 30.3 Å². The number of methoxy groups -OCH3 is 1.